The first-order valence-corrected chi connectivity index (χ1v) is 7.07. The Balaban J connectivity index is 2.00. The van der Waals surface area contributed by atoms with Crippen LogP contribution in [0, 0.1) is 11.6 Å². The van der Waals surface area contributed by atoms with E-state index < -0.39 is 17.7 Å². The number of hydrogen-bond donors (Lipinski definition) is 1. The number of para-hydroxylation sites is 1. The summed E-state index contributed by atoms with van der Waals surface area (Å²) >= 11 is 6.02. The minimum atomic E-state index is -0.969. The quantitative estimate of drug-likeness (QED) is 0.844. The zero-order valence-electron chi connectivity index (χ0n) is 11.2. The van der Waals surface area contributed by atoms with Crippen LogP contribution in [0.25, 0.3) is 0 Å². The number of ether oxygens (including phenoxy) is 1. The van der Waals surface area contributed by atoms with E-state index in [2.05, 4.69) is 0 Å². The minimum Gasteiger partial charge on any atom is -0.493 e. The molecule has 2 unspecified atom stereocenters. The molecule has 0 saturated heterocycles. The van der Waals surface area contributed by atoms with Gasteiger partial charge in [-0.05, 0) is 35.7 Å². The van der Waals surface area contributed by atoms with Crippen LogP contribution in [-0.2, 0) is 0 Å². The molecule has 0 radical (unpaired) electrons. The molecule has 2 nitrogen and oxygen atoms in total. The lowest BCUT2D eigenvalue weighted by Gasteiger charge is -2.30. The molecule has 3 rings (SSSR count). The summed E-state index contributed by atoms with van der Waals surface area (Å²) in [5.74, 6) is -1.17. The molecule has 0 aromatic heterocycles. The summed E-state index contributed by atoms with van der Waals surface area (Å²) in [5, 5.41) is 0.144. The summed E-state index contributed by atoms with van der Waals surface area (Å²) in [6, 6.07) is 9.14. The lowest BCUT2D eigenvalue weighted by Crippen LogP contribution is -2.25. The smallest absolute Gasteiger partial charge is 0.160 e. The van der Waals surface area contributed by atoms with Gasteiger partial charge < -0.3 is 10.5 Å². The molecule has 1 aliphatic heterocycles. The highest BCUT2D eigenvalue weighted by molar-refractivity contribution is 6.31. The normalized spacial score (nSPS) is 18.8. The van der Waals surface area contributed by atoms with Gasteiger partial charge in [-0.25, -0.2) is 8.78 Å². The van der Waals surface area contributed by atoms with E-state index in [-0.39, 0.29) is 10.9 Å². The van der Waals surface area contributed by atoms with Crippen molar-refractivity contribution in [1.82, 2.24) is 0 Å². The fourth-order valence-corrected chi connectivity index (χ4v) is 3.03. The van der Waals surface area contributed by atoms with E-state index in [0.717, 1.165) is 23.4 Å². The van der Waals surface area contributed by atoms with Crippen LogP contribution in [0.1, 0.15) is 29.5 Å². The van der Waals surface area contributed by atoms with Crippen molar-refractivity contribution in [3.63, 3.8) is 0 Å². The lowest BCUT2D eigenvalue weighted by atomic mass is 9.83. The Morgan fingerprint density at radius 2 is 1.90 bits per heavy atom. The molecule has 2 N–H and O–H groups in total. The number of rotatable bonds is 2. The van der Waals surface area contributed by atoms with Gasteiger partial charge in [-0.2, -0.15) is 0 Å². The maximum Gasteiger partial charge on any atom is 0.160 e. The summed E-state index contributed by atoms with van der Waals surface area (Å²) in [5.41, 5.74) is 7.66. The van der Waals surface area contributed by atoms with Crippen LogP contribution in [0.15, 0.2) is 36.4 Å². The maximum absolute atomic E-state index is 13.5. The first kappa shape index (κ1) is 14.3. The average Bonchev–Trinajstić information content (AvgIpc) is 2.49. The summed E-state index contributed by atoms with van der Waals surface area (Å²) in [6.45, 7) is 0.538. The molecular weight excluding hydrogens is 296 g/mol. The van der Waals surface area contributed by atoms with Gasteiger partial charge in [0.05, 0.1) is 6.61 Å². The van der Waals surface area contributed by atoms with Crippen LogP contribution in [0.2, 0.25) is 5.02 Å². The second kappa shape index (κ2) is 5.62. The number of benzene rings is 2. The Morgan fingerprint density at radius 3 is 2.71 bits per heavy atom. The van der Waals surface area contributed by atoms with Gasteiger partial charge in [0, 0.05) is 17.0 Å². The topological polar surface area (TPSA) is 35.2 Å². The van der Waals surface area contributed by atoms with Crippen molar-refractivity contribution in [3.8, 4) is 5.75 Å². The van der Waals surface area contributed by atoms with E-state index >= 15 is 0 Å². The molecule has 0 aliphatic carbocycles. The molecule has 2 aromatic rings. The van der Waals surface area contributed by atoms with Crippen molar-refractivity contribution in [1.29, 1.82) is 0 Å². The predicted molar refractivity (Wildman–Crippen MR) is 77.6 cm³/mol. The second-order valence-electron chi connectivity index (χ2n) is 5.10. The molecule has 0 spiro atoms. The van der Waals surface area contributed by atoms with E-state index in [1.807, 2.05) is 24.3 Å². The van der Waals surface area contributed by atoms with Crippen molar-refractivity contribution in [2.45, 2.75) is 18.4 Å². The van der Waals surface area contributed by atoms with Crippen molar-refractivity contribution in [2.75, 3.05) is 6.61 Å². The molecule has 1 aliphatic rings. The molecule has 1 heterocycles. The summed E-state index contributed by atoms with van der Waals surface area (Å²) in [4.78, 5) is 0. The van der Waals surface area contributed by atoms with E-state index in [9.17, 15) is 8.78 Å². The first-order valence-electron chi connectivity index (χ1n) is 6.69. The summed E-state index contributed by atoms with van der Waals surface area (Å²) < 4.78 is 32.2. The Kier molecular flexibility index (Phi) is 3.83. The molecule has 110 valence electrons. The zero-order chi connectivity index (χ0) is 15.0. The van der Waals surface area contributed by atoms with E-state index in [1.54, 1.807) is 0 Å². The summed E-state index contributed by atoms with van der Waals surface area (Å²) in [6.07, 6.45) is 0.702. The number of halogens is 3. The van der Waals surface area contributed by atoms with Crippen molar-refractivity contribution < 1.29 is 13.5 Å². The highest BCUT2D eigenvalue weighted by atomic mass is 35.5. The standard InChI is InChI=1S/C16H14ClF2NO/c17-12-8-14(19)13(18)7-11(12)16(20)10-5-6-21-15-4-2-1-3-9(10)15/h1-4,7-8,10,16H,5-6,20H2. The zero-order valence-corrected chi connectivity index (χ0v) is 11.9. The van der Waals surface area contributed by atoms with E-state index in [0.29, 0.717) is 18.6 Å². The Bertz CT molecular complexity index is 677. The SMILES string of the molecule is NC(c1cc(F)c(F)cc1Cl)C1CCOc2ccccc21. The highest BCUT2D eigenvalue weighted by Crippen LogP contribution is 2.41. The van der Waals surface area contributed by atoms with E-state index in [4.69, 9.17) is 22.1 Å². The lowest BCUT2D eigenvalue weighted by molar-refractivity contribution is 0.255. The number of hydrogen-bond acceptors (Lipinski definition) is 2. The third-order valence-corrected chi connectivity index (χ3v) is 4.16. The molecule has 0 amide bonds. The van der Waals surface area contributed by atoms with Gasteiger partial charge in [0.2, 0.25) is 0 Å². The number of nitrogens with two attached hydrogens (primary N) is 1. The van der Waals surface area contributed by atoms with Crippen LogP contribution in [0.5, 0.6) is 5.75 Å². The van der Waals surface area contributed by atoms with Crippen molar-refractivity contribution in [3.05, 3.63) is 64.2 Å². The molecular formula is C16H14ClF2NO. The Morgan fingerprint density at radius 1 is 1.19 bits per heavy atom. The maximum atomic E-state index is 13.5. The molecule has 0 fully saturated rings. The van der Waals surface area contributed by atoms with Crippen LogP contribution in [-0.4, -0.2) is 6.61 Å². The first-order chi connectivity index (χ1) is 10.1. The van der Waals surface area contributed by atoms with Gasteiger partial charge in [0.1, 0.15) is 5.75 Å². The van der Waals surface area contributed by atoms with E-state index in [1.165, 1.54) is 0 Å². The Hall–Kier alpha value is -1.65. The fourth-order valence-electron chi connectivity index (χ4n) is 2.75. The van der Waals surface area contributed by atoms with Gasteiger partial charge in [-0.3, -0.25) is 0 Å². The molecule has 0 bridgehead atoms. The fraction of sp³-hybridized carbons (Fsp3) is 0.250. The Labute approximate surface area is 126 Å². The van der Waals surface area contributed by atoms with Crippen LogP contribution in [0.4, 0.5) is 8.78 Å². The monoisotopic (exact) mass is 309 g/mol. The predicted octanol–water partition coefficient (Wildman–Crippen LogP) is 4.18. The third kappa shape index (κ3) is 2.61. The van der Waals surface area contributed by atoms with Gasteiger partial charge in [-0.1, -0.05) is 29.8 Å². The van der Waals surface area contributed by atoms with Crippen molar-refractivity contribution in [2.24, 2.45) is 5.73 Å². The molecule has 21 heavy (non-hydrogen) atoms. The van der Waals surface area contributed by atoms with Crippen molar-refractivity contribution >= 4 is 11.6 Å². The molecule has 0 saturated carbocycles. The van der Waals surface area contributed by atoms with Gasteiger partial charge in [0.25, 0.3) is 0 Å². The van der Waals surface area contributed by atoms with Gasteiger partial charge in [0.15, 0.2) is 11.6 Å². The largest absolute Gasteiger partial charge is 0.493 e. The third-order valence-electron chi connectivity index (χ3n) is 3.84. The molecule has 2 aromatic carbocycles. The van der Waals surface area contributed by atoms with Gasteiger partial charge >= 0.3 is 0 Å². The van der Waals surface area contributed by atoms with Crippen LogP contribution in [0.3, 0.4) is 0 Å². The van der Waals surface area contributed by atoms with Crippen LogP contribution < -0.4 is 10.5 Å². The highest BCUT2D eigenvalue weighted by Gasteiger charge is 2.29. The second-order valence-corrected chi connectivity index (χ2v) is 5.50. The number of fused-ring (bicyclic) bond motifs is 1. The molecule has 2 atom stereocenters. The minimum absolute atomic E-state index is 0.0442. The average molecular weight is 310 g/mol. The van der Waals surface area contributed by atoms with Gasteiger partial charge in [-0.15, -0.1) is 0 Å². The summed E-state index contributed by atoms with van der Waals surface area (Å²) in [7, 11) is 0. The van der Waals surface area contributed by atoms with Crippen LogP contribution >= 0.6 is 11.6 Å². The molecule has 5 heteroatoms.